The first-order chi connectivity index (χ1) is 6.54. The molecule has 1 aromatic rings. The van der Waals surface area contributed by atoms with Crippen LogP contribution in [0.25, 0.3) is 0 Å². The van der Waals surface area contributed by atoms with Crippen molar-refractivity contribution in [3.8, 4) is 0 Å². The molecule has 0 aliphatic rings. The van der Waals surface area contributed by atoms with E-state index in [9.17, 15) is 0 Å². The molecular weight excluding hydrogens is 174 g/mol. The summed E-state index contributed by atoms with van der Waals surface area (Å²) in [6, 6.07) is 4.17. The van der Waals surface area contributed by atoms with Gasteiger partial charge in [-0.15, -0.1) is 0 Å². The molecule has 1 aromatic carbocycles. The monoisotopic (exact) mass is 193 g/mol. The van der Waals surface area contributed by atoms with Crippen LogP contribution in [-0.2, 0) is 6.42 Å². The van der Waals surface area contributed by atoms with Gasteiger partial charge in [-0.2, -0.15) is 0 Å². The van der Waals surface area contributed by atoms with E-state index < -0.39 is 0 Å². The zero-order chi connectivity index (χ0) is 10.7. The minimum atomic E-state index is -0.143. The van der Waals surface area contributed by atoms with Crippen LogP contribution in [0.1, 0.15) is 22.3 Å². The molecule has 0 spiro atoms. The number of hydrogen-bond donors (Lipinski definition) is 2. The first-order valence-corrected chi connectivity index (χ1v) is 4.97. The summed E-state index contributed by atoms with van der Waals surface area (Å²) in [5, 5.41) is 8.91. The predicted octanol–water partition coefficient (Wildman–Crippen LogP) is 1.47. The quantitative estimate of drug-likeness (QED) is 0.763. The van der Waals surface area contributed by atoms with E-state index in [1.165, 1.54) is 22.3 Å². The molecule has 14 heavy (non-hydrogen) atoms. The lowest BCUT2D eigenvalue weighted by Gasteiger charge is -2.14. The molecular formula is C12H19NO. The maximum Gasteiger partial charge on any atom is 0.0585 e. The van der Waals surface area contributed by atoms with Crippen molar-refractivity contribution in [2.75, 3.05) is 6.61 Å². The third kappa shape index (κ3) is 2.56. The third-order valence-electron chi connectivity index (χ3n) is 2.54. The highest BCUT2D eigenvalue weighted by Gasteiger charge is 2.08. The number of aliphatic hydroxyl groups is 1. The van der Waals surface area contributed by atoms with Crippen LogP contribution in [0.2, 0.25) is 0 Å². The van der Waals surface area contributed by atoms with Gasteiger partial charge in [-0.25, -0.2) is 0 Å². The highest BCUT2D eigenvalue weighted by atomic mass is 16.3. The van der Waals surface area contributed by atoms with Crippen molar-refractivity contribution in [1.29, 1.82) is 0 Å². The van der Waals surface area contributed by atoms with Gasteiger partial charge in [-0.05, 0) is 43.9 Å². The Morgan fingerprint density at radius 3 is 2.14 bits per heavy atom. The van der Waals surface area contributed by atoms with Crippen molar-refractivity contribution in [3.05, 3.63) is 34.4 Å². The van der Waals surface area contributed by atoms with Crippen LogP contribution >= 0.6 is 0 Å². The predicted molar refractivity (Wildman–Crippen MR) is 59.4 cm³/mol. The first kappa shape index (κ1) is 11.2. The van der Waals surface area contributed by atoms with Gasteiger partial charge in [0, 0.05) is 6.04 Å². The molecule has 3 N–H and O–H groups in total. The lowest BCUT2D eigenvalue weighted by atomic mass is 9.95. The smallest absolute Gasteiger partial charge is 0.0585 e. The van der Waals surface area contributed by atoms with Crippen LogP contribution in [0.4, 0.5) is 0 Å². The maximum atomic E-state index is 8.91. The van der Waals surface area contributed by atoms with E-state index in [4.69, 9.17) is 10.8 Å². The summed E-state index contributed by atoms with van der Waals surface area (Å²) in [6.45, 7) is 6.33. The molecule has 1 rings (SSSR count). The minimum Gasteiger partial charge on any atom is -0.395 e. The van der Waals surface area contributed by atoms with Crippen LogP contribution in [-0.4, -0.2) is 17.8 Å². The zero-order valence-electron chi connectivity index (χ0n) is 9.17. The summed E-state index contributed by atoms with van der Waals surface area (Å²) in [5.74, 6) is 0. The highest BCUT2D eigenvalue weighted by Crippen LogP contribution is 2.17. The van der Waals surface area contributed by atoms with E-state index in [-0.39, 0.29) is 12.6 Å². The molecule has 2 nitrogen and oxygen atoms in total. The lowest BCUT2D eigenvalue weighted by Crippen LogP contribution is -2.27. The lowest BCUT2D eigenvalue weighted by molar-refractivity contribution is 0.265. The summed E-state index contributed by atoms with van der Waals surface area (Å²) in [5.41, 5.74) is 10.8. The van der Waals surface area contributed by atoms with E-state index in [2.05, 4.69) is 32.9 Å². The number of benzene rings is 1. The number of nitrogens with two attached hydrogens (primary N) is 1. The Bertz CT molecular complexity index is 297. The molecule has 0 aliphatic heterocycles. The van der Waals surface area contributed by atoms with E-state index in [1.54, 1.807) is 0 Å². The van der Waals surface area contributed by atoms with Crippen molar-refractivity contribution in [3.63, 3.8) is 0 Å². The van der Waals surface area contributed by atoms with Gasteiger partial charge >= 0.3 is 0 Å². The summed E-state index contributed by atoms with van der Waals surface area (Å²) < 4.78 is 0. The van der Waals surface area contributed by atoms with Crippen molar-refractivity contribution < 1.29 is 5.11 Å². The van der Waals surface area contributed by atoms with Gasteiger partial charge in [-0.3, -0.25) is 0 Å². The van der Waals surface area contributed by atoms with Crippen LogP contribution in [0.5, 0.6) is 0 Å². The van der Waals surface area contributed by atoms with Crippen molar-refractivity contribution in [2.45, 2.75) is 33.2 Å². The maximum absolute atomic E-state index is 8.91. The number of aryl methyl sites for hydroxylation is 3. The Labute approximate surface area is 85.8 Å². The summed E-state index contributed by atoms with van der Waals surface area (Å²) in [7, 11) is 0. The Morgan fingerprint density at radius 2 is 1.71 bits per heavy atom. The average molecular weight is 193 g/mol. The molecule has 0 aliphatic carbocycles. The Morgan fingerprint density at radius 1 is 1.21 bits per heavy atom. The normalized spacial score (nSPS) is 12.9. The molecule has 0 fully saturated rings. The van der Waals surface area contributed by atoms with Crippen LogP contribution in [0.3, 0.4) is 0 Å². The zero-order valence-corrected chi connectivity index (χ0v) is 9.17. The summed E-state index contributed by atoms with van der Waals surface area (Å²) >= 11 is 0. The molecule has 78 valence electrons. The highest BCUT2D eigenvalue weighted by molar-refractivity contribution is 5.37. The van der Waals surface area contributed by atoms with Crippen molar-refractivity contribution in [2.24, 2.45) is 5.73 Å². The van der Waals surface area contributed by atoms with Gasteiger partial charge in [0.15, 0.2) is 0 Å². The summed E-state index contributed by atoms with van der Waals surface area (Å²) in [6.07, 6.45) is 0.758. The third-order valence-corrected chi connectivity index (χ3v) is 2.54. The van der Waals surface area contributed by atoms with Crippen molar-refractivity contribution >= 4 is 0 Å². The van der Waals surface area contributed by atoms with E-state index in [1.807, 2.05) is 0 Å². The Kier molecular flexibility index (Phi) is 3.67. The minimum absolute atomic E-state index is 0.0484. The number of aliphatic hydroxyl groups excluding tert-OH is 1. The van der Waals surface area contributed by atoms with Crippen molar-refractivity contribution in [1.82, 2.24) is 0 Å². The summed E-state index contributed by atoms with van der Waals surface area (Å²) in [4.78, 5) is 0. The van der Waals surface area contributed by atoms with Gasteiger partial charge in [0.25, 0.3) is 0 Å². The molecule has 0 radical (unpaired) electrons. The molecule has 0 bridgehead atoms. The Balaban J connectivity index is 2.96. The molecule has 0 saturated carbocycles. The number of hydrogen-bond acceptors (Lipinski definition) is 2. The largest absolute Gasteiger partial charge is 0.395 e. The van der Waals surface area contributed by atoms with Gasteiger partial charge < -0.3 is 10.8 Å². The molecule has 2 heteroatoms. The van der Waals surface area contributed by atoms with E-state index in [0.717, 1.165) is 6.42 Å². The molecule has 0 heterocycles. The fourth-order valence-corrected chi connectivity index (χ4v) is 1.86. The van der Waals surface area contributed by atoms with E-state index >= 15 is 0 Å². The van der Waals surface area contributed by atoms with Crippen LogP contribution < -0.4 is 5.73 Å². The second-order valence-electron chi connectivity index (χ2n) is 4.02. The first-order valence-electron chi connectivity index (χ1n) is 4.97. The second-order valence-corrected chi connectivity index (χ2v) is 4.02. The van der Waals surface area contributed by atoms with E-state index in [0.29, 0.717) is 0 Å². The van der Waals surface area contributed by atoms with Crippen LogP contribution in [0.15, 0.2) is 12.1 Å². The Hall–Kier alpha value is -0.860. The molecule has 0 amide bonds. The average Bonchev–Trinajstić information content (AvgIpc) is 2.10. The van der Waals surface area contributed by atoms with Gasteiger partial charge in [0.2, 0.25) is 0 Å². The van der Waals surface area contributed by atoms with Gasteiger partial charge in [0.1, 0.15) is 0 Å². The second kappa shape index (κ2) is 4.58. The van der Waals surface area contributed by atoms with Crippen LogP contribution in [0, 0.1) is 20.8 Å². The topological polar surface area (TPSA) is 46.2 Å². The SMILES string of the molecule is Cc1cc(C)c(C[C@H](N)CO)c(C)c1. The standard InChI is InChI=1S/C12H19NO/c1-8-4-9(2)12(10(3)5-8)6-11(13)7-14/h4-5,11,14H,6-7,13H2,1-3H3/t11-/m0/s1. The molecule has 1 atom stereocenters. The number of rotatable bonds is 3. The molecule has 0 saturated heterocycles. The fraction of sp³-hybridized carbons (Fsp3) is 0.500. The molecule has 0 unspecified atom stereocenters. The van der Waals surface area contributed by atoms with Gasteiger partial charge in [-0.1, -0.05) is 17.7 Å². The van der Waals surface area contributed by atoms with Gasteiger partial charge in [0.05, 0.1) is 6.61 Å². The fourth-order valence-electron chi connectivity index (χ4n) is 1.86. The molecule has 0 aromatic heterocycles.